The van der Waals surface area contributed by atoms with Crippen molar-refractivity contribution in [3.05, 3.63) is 71.5 Å². The van der Waals surface area contributed by atoms with Gasteiger partial charge in [0.25, 0.3) is 0 Å². The molecule has 0 saturated heterocycles. The smallest absolute Gasteiger partial charge is 0.223 e. The summed E-state index contributed by atoms with van der Waals surface area (Å²) in [6.07, 6.45) is 5.57. The van der Waals surface area contributed by atoms with Gasteiger partial charge in [0.2, 0.25) is 5.95 Å². The number of aromatic nitrogens is 4. The molecule has 0 spiro atoms. The van der Waals surface area contributed by atoms with Crippen molar-refractivity contribution >= 4 is 29.7 Å². The molecule has 3 heterocycles. The molecule has 0 aliphatic heterocycles. The van der Waals surface area contributed by atoms with Crippen molar-refractivity contribution in [2.75, 3.05) is 5.32 Å². The summed E-state index contributed by atoms with van der Waals surface area (Å²) in [5, 5.41) is 5.40. The van der Waals surface area contributed by atoms with Gasteiger partial charge < -0.3 is 9.88 Å². The van der Waals surface area contributed by atoms with Crippen LogP contribution in [-0.4, -0.2) is 19.5 Å². The van der Waals surface area contributed by atoms with Gasteiger partial charge in [-0.3, -0.25) is 0 Å². The molecule has 1 N–H and O–H groups in total. The van der Waals surface area contributed by atoms with Crippen LogP contribution >= 0.6 is 23.7 Å². The van der Waals surface area contributed by atoms with Crippen molar-refractivity contribution in [1.82, 2.24) is 19.5 Å². The summed E-state index contributed by atoms with van der Waals surface area (Å²) < 4.78 is 1.98. The predicted molar refractivity (Wildman–Crippen MR) is 113 cm³/mol. The van der Waals surface area contributed by atoms with E-state index in [1.54, 1.807) is 17.5 Å². The van der Waals surface area contributed by atoms with Crippen molar-refractivity contribution in [2.24, 2.45) is 7.05 Å². The van der Waals surface area contributed by atoms with Crippen molar-refractivity contribution in [2.45, 2.75) is 13.5 Å². The molecule has 27 heavy (non-hydrogen) atoms. The molecule has 3 aromatic heterocycles. The van der Waals surface area contributed by atoms with Crippen LogP contribution in [0.2, 0.25) is 0 Å². The molecular weight excluding hydrogens is 378 g/mol. The SMILES string of the molecule is Cc1ccccc1CNc1ncc(-c2nccn2C)c(-c2cccs2)n1.Cl. The first kappa shape index (κ1) is 19.1. The Balaban J connectivity index is 0.00000210. The Kier molecular flexibility index (Phi) is 5.88. The van der Waals surface area contributed by atoms with Crippen LogP contribution in [0.5, 0.6) is 0 Å². The zero-order valence-electron chi connectivity index (χ0n) is 15.1. The number of imidazole rings is 1. The Labute approximate surface area is 168 Å². The highest BCUT2D eigenvalue weighted by Gasteiger charge is 2.15. The number of aryl methyl sites for hydroxylation is 2. The van der Waals surface area contributed by atoms with Gasteiger partial charge in [0.1, 0.15) is 5.82 Å². The maximum absolute atomic E-state index is 4.79. The lowest BCUT2D eigenvalue weighted by molar-refractivity contribution is 0.921. The van der Waals surface area contributed by atoms with Crippen molar-refractivity contribution < 1.29 is 0 Å². The van der Waals surface area contributed by atoms with Gasteiger partial charge in [0, 0.05) is 32.2 Å². The summed E-state index contributed by atoms with van der Waals surface area (Å²) in [6, 6.07) is 12.4. The Hall–Kier alpha value is -2.70. The molecule has 4 rings (SSSR count). The molecule has 0 atom stereocenters. The van der Waals surface area contributed by atoms with E-state index in [0.717, 1.165) is 22.0 Å². The largest absolute Gasteiger partial charge is 0.350 e. The second-order valence-electron chi connectivity index (χ2n) is 6.07. The van der Waals surface area contributed by atoms with E-state index < -0.39 is 0 Å². The average Bonchev–Trinajstić information content (AvgIpc) is 3.33. The molecule has 0 aliphatic carbocycles. The predicted octanol–water partition coefficient (Wildman–Crippen LogP) is 4.95. The molecule has 0 radical (unpaired) electrons. The highest BCUT2D eigenvalue weighted by Crippen LogP contribution is 2.32. The highest BCUT2D eigenvalue weighted by atomic mass is 35.5. The van der Waals surface area contributed by atoms with Gasteiger partial charge in [0.05, 0.1) is 16.1 Å². The van der Waals surface area contributed by atoms with Crippen molar-refractivity contribution in [3.8, 4) is 22.0 Å². The number of anilines is 1. The summed E-state index contributed by atoms with van der Waals surface area (Å²) in [7, 11) is 1.98. The minimum absolute atomic E-state index is 0. The third kappa shape index (κ3) is 4.02. The summed E-state index contributed by atoms with van der Waals surface area (Å²) in [6.45, 7) is 2.80. The lowest BCUT2D eigenvalue weighted by Crippen LogP contribution is -2.06. The Morgan fingerprint density at radius 3 is 2.67 bits per heavy atom. The van der Waals surface area contributed by atoms with Crippen LogP contribution in [0.3, 0.4) is 0 Å². The minimum Gasteiger partial charge on any atom is -0.350 e. The van der Waals surface area contributed by atoms with E-state index in [4.69, 9.17) is 4.98 Å². The standard InChI is InChI=1S/C20H19N5S.ClH/c1-14-6-3-4-7-15(14)12-22-20-23-13-16(19-21-9-10-25(19)2)18(24-20)17-8-5-11-26-17;/h3-11,13H,12H2,1-2H3,(H,22,23,24);1H. The zero-order valence-corrected chi connectivity index (χ0v) is 16.7. The molecule has 0 aliphatic rings. The number of hydrogen-bond acceptors (Lipinski definition) is 5. The van der Waals surface area contributed by atoms with Crippen molar-refractivity contribution in [1.29, 1.82) is 0 Å². The maximum Gasteiger partial charge on any atom is 0.223 e. The van der Waals surface area contributed by atoms with Crippen LogP contribution in [-0.2, 0) is 13.6 Å². The first-order valence-electron chi connectivity index (χ1n) is 8.39. The third-order valence-electron chi connectivity index (χ3n) is 4.30. The van der Waals surface area contributed by atoms with Gasteiger partial charge >= 0.3 is 0 Å². The number of benzene rings is 1. The van der Waals surface area contributed by atoms with Crippen LogP contribution in [0.25, 0.3) is 22.0 Å². The summed E-state index contributed by atoms with van der Waals surface area (Å²) in [5.41, 5.74) is 4.32. The van der Waals surface area contributed by atoms with Crippen LogP contribution in [0.4, 0.5) is 5.95 Å². The van der Waals surface area contributed by atoms with E-state index in [2.05, 4.69) is 45.8 Å². The number of rotatable bonds is 5. The van der Waals surface area contributed by atoms with Crippen LogP contribution in [0.1, 0.15) is 11.1 Å². The van der Waals surface area contributed by atoms with Gasteiger partial charge in [-0.15, -0.1) is 23.7 Å². The highest BCUT2D eigenvalue weighted by molar-refractivity contribution is 7.13. The van der Waals surface area contributed by atoms with Gasteiger partial charge in [-0.25, -0.2) is 15.0 Å². The third-order valence-corrected chi connectivity index (χ3v) is 5.18. The fourth-order valence-electron chi connectivity index (χ4n) is 2.84. The molecule has 0 unspecified atom stereocenters. The molecule has 0 bridgehead atoms. The Bertz CT molecular complexity index is 1030. The number of halogens is 1. The number of nitrogens with one attached hydrogen (secondary N) is 1. The Morgan fingerprint density at radius 1 is 1.11 bits per heavy atom. The quantitative estimate of drug-likeness (QED) is 0.517. The fourth-order valence-corrected chi connectivity index (χ4v) is 3.57. The second-order valence-corrected chi connectivity index (χ2v) is 7.02. The molecule has 138 valence electrons. The lowest BCUT2D eigenvalue weighted by atomic mass is 10.1. The maximum atomic E-state index is 4.79. The topological polar surface area (TPSA) is 55.6 Å². The fraction of sp³-hybridized carbons (Fsp3) is 0.150. The van der Waals surface area contributed by atoms with E-state index in [1.165, 1.54) is 11.1 Å². The average molecular weight is 398 g/mol. The van der Waals surface area contributed by atoms with Gasteiger partial charge in [-0.05, 0) is 29.5 Å². The zero-order chi connectivity index (χ0) is 17.9. The molecule has 1 aromatic carbocycles. The second kappa shape index (κ2) is 8.33. The van der Waals surface area contributed by atoms with E-state index in [9.17, 15) is 0 Å². The first-order chi connectivity index (χ1) is 12.7. The summed E-state index contributed by atoms with van der Waals surface area (Å²) in [5.74, 6) is 1.48. The van der Waals surface area contributed by atoms with Gasteiger partial charge in [-0.2, -0.15) is 0 Å². The molecule has 5 nitrogen and oxygen atoms in total. The molecule has 0 fully saturated rings. The normalized spacial score (nSPS) is 10.4. The van der Waals surface area contributed by atoms with Crippen LogP contribution in [0, 0.1) is 6.92 Å². The monoisotopic (exact) mass is 397 g/mol. The Morgan fingerprint density at radius 2 is 1.96 bits per heavy atom. The van der Waals surface area contributed by atoms with E-state index >= 15 is 0 Å². The lowest BCUT2D eigenvalue weighted by Gasteiger charge is -2.11. The van der Waals surface area contributed by atoms with E-state index in [0.29, 0.717) is 12.5 Å². The molecule has 7 heteroatoms. The van der Waals surface area contributed by atoms with Crippen LogP contribution in [0.15, 0.2) is 60.4 Å². The molecule has 0 amide bonds. The molecular formula is C20H20ClN5S. The van der Waals surface area contributed by atoms with Gasteiger partial charge in [-0.1, -0.05) is 30.3 Å². The number of nitrogens with zero attached hydrogens (tertiary/aromatic N) is 4. The van der Waals surface area contributed by atoms with E-state index in [-0.39, 0.29) is 12.4 Å². The summed E-state index contributed by atoms with van der Waals surface area (Å²) >= 11 is 1.66. The van der Waals surface area contributed by atoms with E-state index in [1.807, 2.05) is 42.2 Å². The minimum atomic E-state index is 0. The number of hydrogen-bond donors (Lipinski definition) is 1. The number of thiophene rings is 1. The van der Waals surface area contributed by atoms with Gasteiger partial charge in [0.15, 0.2) is 0 Å². The molecule has 0 saturated carbocycles. The first-order valence-corrected chi connectivity index (χ1v) is 9.27. The molecule has 4 aromatic rings. The van der Waals surface area contributed by atoms with Crippen molar-refractivity contribution in [3.63, 3.8) is 0 Å². The summed E-state index contributed by atoms with van der Waals surface area (Å²) in [4.78, 5) is 14.9. The van der Waals surface area contributed by atoms with Crippen LogP contribution < -0.4 is 5.32 Å².